The van der Waals surface area contributed by atoms with Gasteiger partial charge in [0.05, 0.1) is 11.3 Å². The van der Waals surface area contributed by atoms with Crippen molar-refractivity contribution in [1.82, 2.24) is 0 Å². The lowest BCUT2D eigenvalue weighted by atomic mass is 9.92. The molecule has 0 spiro atoms. The number of phenols is 1. The zero-order chi connectivity index (χ0) is 19.3. The number of phenolic OH excluding ortho intramolecular Hbond substituents is 1. The van der Waals surface area contributed by atoms with Crippen LogP contribution in [0.1, 0.15) is 17.0 Å². The Morgan fingerprint density at radius 2 is 1.21 bits per heavy atom. The van der Waals surface area contributed by atoms with E-state index in [2.05, 4.69) is 0 Å². The standard InChI is InChI=1S/C11H6F11NO/c12-8(13,11(20,21)22)4-1-3(2-5(23)6(4)24)7(9(14,15)16)10(17,18)19/h1-2,7,24H,23H2. The average Bonchev–Trinajstić information content (AvgIpc) is 2.27. The Kier molecular flexibility index (Phi) is 4.65. The van der Waals surface area contributed by atoms with Crippen molar-refractivity contribution < 1.29 is 53.4 Å². The second-order valence-electron chi connectivity index (χ2n) is 4.59. The van der Waals surface area contributed by atoms with Gasteiger partial charge in [0.1, 0.15) is 5.75 Å². The summed E-state index contributed by atoms with van der Waals surface area (Å²) in [6.45, 7) is 0. The second-order valence-corrected chi connectivity index (χ2v) is 4.59. The summed E-state index contributed by atoms with van der Waals surface area (Å²) in [6.07, 6.45) is -18.5. The molecule has 138 valence electrons. The van der Waals surface area contributed by atoms with E-state index >= 15 is 0 Å². The maximum Gasteiger partial charge on any atom is 0.458 e. The lowest BCUT2D eigenvalue weighted by molar-refractivity contribution is -0.289. The molecular formula is C11H6F11NO. The van der Waals surface area contributed by atoms with E-state index in [-0.39, 0.29) is 6.07 Å². The summed E-state index contributed by atoms with van der Waals surface area (Å²) in [7, 11) is 0. The minimum Gasteiger partial charge on any atom is -0.505 e. The quantitative estimate of drug-likeness (QED) is 0.440. The molecule has 0 bridgehead atoms. The van der Waals surface area contributed by atoms with Gasteiger partial charge in [-0.3, -0.25) is 0 Å². The Hall–Kier alpha value is -1.95. The van der Waals surface area contributed by atoms with Gasteiger partial charge in [-0.2, -0.15) is 48.3 Å². The van der Waals surface area contributed by atoms with Crippen LogP contribution in [0, 0.1) is 0 Å². The second kappa shape index (κ2) is 5.55. The Bertz CT molecular complexity index is 600. The zero-order valence-electron chi connectivity index (χ0n) is 10.9. The van der Waals surface area contributed by atoms with Crippen molar-refractivity contribution in [2.24, 2.45) is 0 Å². The highest BCUT2D eigenvalue weighted by molar-refractivity contribution is 5.60. The van der Waals surface area contributed by atoms with Crippen molar-refractivity contribution >= 4 is 5.69 Å². The number of rotatable bonds is 2. The van der Waals surface area contributed by atoms with E-state index in [0.717, 1.165) is 0 Å². The lowest BCUT2D eigenvalue weighted by Gasteiger charge is -2.26. The predicted molar refractivity (Wildman–Crippen MR) is 57.3 cm³/mol. The number of hydrogen-bond acceptors (Lipinski definition) is 2. The van der Waals surface area contributed by atoms with Crippen LogP contribution in [-0.4, -0.2) is 23.6 Å². The minimum absolute atomic E-state index is 0.170. The highest BCUT2D eigenvalue weighted by atomic mass is 19.4. The van der Waals surface area contributed by atoms with Gasteiger partial charge in [0.25, 0.3) is 0 Å². The Morgan fingerprint density at radius 3 is 1.54 bits per heavy atom. The fraction of sp³-hybridized carbons (Fsp3) is 0.455. The molecule has 0 aliphatic heterocycles. The van der Waals surface area contributed by atoms with Crippen molar-refractivity contribution in [2.75, 3.05) is 5.73 Å². The van der Waals surface area contributed by atoms with E-state index in [1.807, 2.05) is 0 Å². The molecule has 0 aromatic heterocycles. The van der Waals surface area contributed by atoms with Crippen LogP contribution in [0.4, 0.5) is 54.0 Å². The topological polar surface area (TPSA) is 46.2 Å². The summed E-state index contributed by atoms with van der Waals surface area (Å²) in [5.74, 6) is -12.3. The number of anilines is 1. The van der Waals surface area contributed by atoms with E-state index in [0.29, 0.717) is 0 Å². The minimum atomic E-state index is -6.39. The molecule has 0 fully saturated rings. The summed E-state index contributed by atoms with van der Waals surface area (Å²) in [5, 5.41) is 9.14. The van der Waals surface area contributed by atoms with Crippen molar-refractivity contribution in [3.05, 3.63) is 23.3 Å². The summed E-state index contributed by atoms with van der Waals surface area (Å²) < 4.78 is 139. The van der Waals surface area contributed by atoms with Crippen LogP contribution in [0.25, 0.3) is 0 Å². The monoisotopic (exact) mass is 377 g/mol. The highest BCUT2D eigenvalue weighted by Crippen LogP contribution is 2.52. The molecule has 1 aromatic rings. The number of halogens is 11. The number of alkyl halides is 11. The molecule has 0 atom stereocenters. The van der Waals surface area contributed by atoms with Gasteiger partial charge in [-0.05, 0) is 17.7 Å². The number of nitrogens with two attached hydrogens (primary N) is 1. The molecule has 0 amide bonds. The zero-order valence-corrected chi connectivity index (χ0v) is 10.9. The largest absolute Gasteiger partial charge is 0.505 e. The number of hydrogen-bond donors (Lipinski definition) is 2. The van der Waals surface area contributed by atoms with Crippen molar-refractivity contribution in [3.63, 3.8) is 0 Å². The SMILES string of the molecule is Nc1cc(C(C(F)(F)F)C(F)(F)F)cc(C(F)(F)C(F)(F)F)c1O. The third kappa shape index (κ3) is 3.59. The van der Waals surface area contributed by atoms with Gasteiger partial charge in [0.2, 0.25) is 0 Å². The molecule has 13 heteroatoms. The fourth-order valence-corrected chi connectivity index (χ4v) is 1.80. The maximum atomic E-state index is 13.2. The van der Waals surface area contributed by atoms with Crippen LogP contribution in [0.5, 0.6) is 5.75 Å². The van der Waals surface area contributed by atoms with Crippen LogP contribution in [0.2, 0.25) is 0 Å². The van der Waals surface area contributed by atoms with E-state index in [1.54, 1.807) is 0 Å². The highest BCUT2D eigenvalue weighted by Gasteiger charge is 2.62. The molecule has 0 saturated carbocycles. The first-order valence-electron chi connectivity index (χ1n) is 5.61. The van der Waals surface area contributed by atoms with E-state index < -0.39 is 59.0 Å². The molecular weight excluding hydrogens is 371 g/mol. The third-order valence-electron chi connectivity index (χ3n) is 2.84. The van der Waals surface area contributed by atoms with Gasteiger partial charge in [-0.1, -0.05) is 0 Å². The molecule has 2 nitrogen and oxygen atoms in total. The first kappa shape index (κ1) is 20.1. The van der Waals surface area contributed by atoms with Gasteiger partial charge < -0.3 is 10.8 Å². The third-order valence-corrected chi connectivity index (χ3v) is 2.84. The fourth-order valence-electron chi connectivity index (χ4n) is 1.80. The molecule has 0 heterocycles. The molecule has 0 aliphatic rings. The molecule has 0 unspecified atom stereocenters. The van der Waals surface area contributed by atoms with E-state index in [9.17, 15) is 48.3 Å². The van der Waals surface area contributed by atoms with Crippen LogP contribution < -0.4 is 5.73 Å². The molecule has 0 aliphatic carbocycles. The normalized spacial score (nSPS) is 14.3. The van der Waals surface area contributed by atoms with Crippen molar-refractivity contribution in [1.29, 1.82) is 0 Å². The van der Waals surface area contributed by atoms with Gasteiger partial charge in [0.15, 0.2) is 5.92 Å². The molecule has 3 N–H and O–H groups in total. The number of nitrogen functional groups attached to an aromatic ring is 1. The Labute approximate surface area is 125 Å². The maximum absolute atomic E-state index is 13.2. The smallest absolute Gasteiger partial charge is 0.458 e. The van der Waals surface area contributed by atoms with Gasteiger partial charge >= 0.3 is 24.5 Å². The average molecular weight is 377 g/mol. The van der Waals surface area contributed by atoms with Crippen molar-refractivity contribution in [3.8, 4) is 5.75 Å². The number of benzene rings is 1. The summed E-state index contributed by atoms with van der Waals surface area (Å²) >= 11 is 0. The van der Waals surface area contributed by atoms with Crippen molar-refractivity contribution in [2.45, 2.75) is 30.4 Å². The van der Waals surface area contributed by atoms with Crippen LogP contribution >= 0.6 is 0 Å². The number of aromatic hydroxyl groups is 1. The molecule has 1 rings (SSSR count). The first-order chi connectivity index (χ1) is 10.4. The van der Waals surface area contributed by atoms with Crippen LogP contribution in [0.15, 0.2) is 12.1 Å². The summed E-state index contributed by atoms with van der Waals surface area (Å²) in [5.41, 5.74) is -1.22. The Balaban J connectivity index is 3.71. The van der Waals surface area contributed by atoms with Gasteiger partial charge in [-0.15, -0.1) is 0 Å². The van der Waals surface area contributed by atoms with Gasteiger partial charge in [-0.25, -0.2) is 0 Å². The molecule has 24 heavy (non-hydrogen) atoms. The van der Waals surface area contributed by atoms with E-state index in [4.69, 9.17) is 10.8 Å². The molecule has 1 aromatic carbocycles. The Morgan fingerprint density at radius 1 is 0.792 bits per heavy atom. The van der Waals surface area contributed by atoms with Gasteiger partial charge in [0, 0.05) is 0 Å². The summed E-state index contributed by atoms with van der Waals surface area (Å²) in [4.78, 5) is 0. The van der Waals surface area contributed by atoms with Crippen LogP contribution in [0.3, 0.4) is 0 Å². The lowest BCUT2D eigenvalue weighted by Crippen LogP contribution is -2.36. The summed E-state index contributed by atoms with van der Waals surface area (Å²) in [6, 6.07) is -0.887. The van der Waals surface area contributed by atoms with Crippen LogP contribution in [-0.2, 0) is 5.92 Å². The predicted octanol–water partition coefficient (Wildman–Crippen LogP) is 4.84. The molecule has 0 radical (unpaired) electrons. The molecule has 0 saturated heterocycles. The first-order valence-corrected chi connectivity index (χ1v) is 5.61. The van der Waals surface area contributed by atoms with E-state index in [1.165, 1.54) is 0 Å².